The molecule has 2 N–H and O–H groups in total. The van der Waals surface area contributed by atoms with Crippen LogP contribution in [0.2, 0.25) is 0 Å². The van der Waals surface area contributed by atoms with Crippen molar-refractivity contribution in [1.82, 2.24) is 15.6 Å². The number of benzene rings is 1. The Bertz CT molecular complexity index is 611. The van der Waals surface area contributed by atoms with Crippen LogP contribution in [0.1, 0.15) is 28.7 Å². The Morgan fingerprint density at radius 3 is 2.68 bits per heavy atom. The highest BCUT2D eigenvalue weighted by atomic mass is 16.1. The van der Waals surface area contributed by atoms with Gasteiger partial charge in [-0.1, -0.05) is 24.3 Å². The maximum atomic E-state index is 11.8. The average Bonchev–Trinajstić information content (AvgIpc) is 2.54. The van der Waals surface area contributed by atoms with Gasteiger partial charge in [-0.3, -0.25) is 9.78 Å². The molecule has 116 valence electrons. The molecule has 0 fully saturated rings. The van der Waals surface area contributed by atoms with Gasteiger partial charge in [-0.25, -0.2) is 0 Å². The van der Waals surface area contributed by atoms with Crippen LogP contribution in [-0.4, -0.2) is 17.4 Å². The molecular weight excluding hydrogens is 274 g/mol. The topological polar surface area (TPSA) is 54.0 Å². The van der Waals surface area contributed by atoms with Crippen molar-refractivity contribution in [1.29, 1.82) is 0 Å². The van der Waals surface area contributed by atoms with Gasteiger partial charge < -0.3 is 10.6 Å². The minimum Gasteiger partial charge on any atom is -0.352 e. The number of amides is 1. The summed E-state index contributed by atoms with van der Waals surface area (Å²) >= 11 is 0. The lowest BCUT2D eigenvalue weighted by Gasteiger charge is -2.08. The maximum absolute atomic E-state index is 11.8. The van der Waals surface area contributed by atoms with Crippen molar-refractivity contribution in [2.75, 3.05) is 6.54 Å². The number of nitrogens with zero attached hydrogens (tertiary/aromatic N) is 1. The quantitative estimate of drug-likeness (QED) is 0.772. The van der Waals surface area contributed by atoms with Crippen LogP contribution in [0.15, 0.2) is 42.7 Å². The van der Waals surface area contributed by atoms with Gasteiger partial charge in [0.25, 0.3) is 0 Å². The van der Waals surface area contributed by atoms with Gasteiger partial charge in [0.2, 0.25) is 5.91 Å². The predicted octanol–water partition coefficient (Wildman–Crippen LogP) is 2.49. The number of nitrogens with one attached hydrogen (secondary N) is 2. The van der Waals surface area contributed by atoms with E-state index in [1.165, 1.54) is 16.7 Å². The fourth-order valence-electron chi connectivity index (χ4n) is 2.14. The predicted molar refractivity (Wildman–Crippen MR) is 88.3 cm³/mol. The molecule has 0 unspecified atom stereocenters. The van der Waals surface area contributed by atoms with Gasteiger partial charge in [0.05, 0.1) is 0 Å². The Kier molecular flexibility index (Phi) is 6.10. The summed E-state index contributed by atoms with van der Waals surface area (Å²) in [7, 11) is 0. The molecule has 4 heteroatoms. The van der Waals surface area contributed by atoms with Crippen molar-refractivity contribution in [3.8, 4) is 0 Å². The van der Waals surface area contributed by atoms with Crippen LogP contribution in [0.3, 0.4) is 0 Å². The van der Waals surface area contributed by atoms with Gasteiger partial charge in [-0.05, 0) is 42.2 Å². The number of rotatable bonds is 7. The zero-order valence-corrected chi connectivity index (χ0v) is 13.2. The van der Waals surface area contributed by atoms with E-state index in [0.29, 0.717) is 19.5 Å². The first-order valence-electron chi connectivity index (χ1n) is 7.57. The van der Waals surface area contributed by atoms with E-state index in [1.807, 2.05) is 12.1 Å². The highest BCUT2D eigenvalue weighted by Crippen LogP contribution is 2.09. The lowest BCUT2D eigenvalue weighted by atomic mass is 10.1. The zero-order valence-electron chi connectivity index (χ0n) is 13.2. The molecule has 0 radical (unpaired) electrons. The minimum absolute atomic E-state index is 0.0523. The fourth-order valence-corrected chi connectivity index (χ4v) is 2.14. The van der Waals surface area contributed by atoms with Crippen molar-refractivity contribution in [3.63, 3.8) is 0 Å². The Balaban J connectivity index is 1.63. The van der Waals surface area contributed by atoms with Crippen LogP contribution in [-0.2, 0) is 17.9 Å². The Labute approximate surface area is 132 Å². The van der Waals surface area contributed by atoms with E-state index in [1.54, 1.807) is 12.4 Å². The van der Waals surface area contributed by atoms with E-state index in [0.717, 1.165) is 12.1 Å². The second-order valence-electron chi connectivity index (χ2n) is 5.48. The van der Waals surface area contributed by atoms with Gasteiger partial charge in [-0.15, -0.1) is 0 Å². The van der Waals surface area contributed by atoms with Crippen molar-refractivity contribution in [2.45, 2.75) is 33.4 Å². The first-order valence-corrected chi connectivity index (χ1v) is 7.57. The summed E-state index contributed by atoms with van der Waals surface area (Å²) in [5.41, 5.74) is 4.87. The van der Waals surface area contributed by atoms with Crippen molar-refractivity contribution >= 4 is 5.91 Å². The summed E-state index contributed by atoms with van der Waals surface area (Å²) in [6.07, 6.45) is 3.96. The average molecular weight is 297 g/mol. The van der Waals surface area contributed by atoms with Crippen LogP contribution in [0.4, 0.5) is 0 Å². The fraction of sp³-hybridized carbons (Fsp3) is 0.333. The number of aryl methyl sites for hydroxylation is 2. The SMILES string of the molecule is Cc1ccc(CNCCC(=O)NCc2cccnc2)cc1C. The van der Waals surface area contributed by atoms with Crippen LogP contribution in [0, 0.1) is 13.8 Å². The van der Waals surface area contributed by atoms with E-state index in [9.17, 15) is 4.79 Å². The second-order valence-corrected chi connectivity index (χ2v) is 5.48. The lowest BCUT2D eigenvalue weighted by molar-refractivity contribution is -0.121. The van der Waals surface area contributed by atoms with Gasteiger partial charge in [-0.2, -0.15) is 0 Å². The van der Waals surface area contributed by atoms with Crippen molar-refractivity contribution in [3.05, 3.63) is 65.0 Å². The van der Waals surface area contributed by atoms with Gasteiger partial charge in [0.15, 0.2) is 0 Å². The molecule has 2 rings (SSSR count). The summed E-state index contributed by atoms with van der Waals surface area (Å²) in [5.74, 6) is 0.0523. The largest absolute Gasteiger partial charge is 0.352 e. The molecule has 4 nitrogen and oxygen atoms in total. The summed E-state index contributed by atoms with van der Waals surface area (Å²) in [6, 6.07) is 10.3. The van der Waals surface area contributed by atoms with E-state index < -0.39 is 0 Å². The third-order valence-electron chi connectivity index (χ3n) is 3.64. The number of carbonyl (C=O) groups is 1. The van der Waals surface area contributed by atoms with Crippen molar-refractivity contribution in [2.24, 2.45) is 0 Å². The molecule has 1 heterocycles. The molecule has 0 bridgehead atoms. The normalized spacial score (nSPS) is 10.5. The molecule has 0 saturated carbocycles. The van der Waals surface area contributed by atoms with Crippen LogP contribution in [0.5, 0.6) is 0 Å². The molecular formula is C18H23N3O. The molecule has 0 spiro atoms. The lowest BCUT2D eigenvalue weighted by Crippen LogP contribution is -2.27. The molecule has 0 aliphatic heterocycles. The van der Waals surface area contributed by atoms with E-state index in [2.05, 4.69) is 47.7 Å². The number of hydrogen-bond acceptors (Lipinski definition) is 3. The monoisotopic (exact) mass is 297 g/mol. The maximum Gasteiger partial charge on any atom is 0.221 e. The molecule has 0 aliphatic carbocycles. The number of carbonyl (C=O) groups excluding carboxylic acids is 1. The van der Waals surface area contributed by atoms with Gasteiger partial charge >= 0.3 is 0 Å². The Morgan fingerprint density at radius 1 is 1.09 bits per heavy atom. The number of aromatic nitrogens is 1. The molecule has 1 amide bonds. The number of hydrogen-bond donors (Lipinski definition) is 2. The third-order valence-corrected chi connectivity index (χ3v) is 3.64. The van der Waals surface area contributed by atoms with E-state index in [4.69, 9.17) is 0 Å². The highest BCUT2D eigenvalue weighted by molar-refractivity contribution is 5.76. The van der Waals surface area contributed by atoms with Crippen molar-refractivity contribution < 1.29 is 4.79 Å². The number of pyridine rings is 1. The van der Waals surface area contributed by atoms with Crippen LogP contribution < -0.4 is 10.6 Å². The third kappa shape index (κ3) is 5.30. The summed E-state index contributed by atoms with van der Waals surface area (Å²) in [6.45, 7) is 6.22. The Hall–Kier alpha value is -2.20. The van der Waals surface area contributed by atoms with E-state index >= 15 is 0 Å². The summed E-state index contributed by atoms with van der Waals surface area (Å²) in [5, 5.41) is 6.20. The van der Waals surface area contributed by atoms with Crippen LogP contribution >= 0.6 is 0 Å². The highest BCUT2D eigenvalue weighted by Gasteiger charge is 2.01. The molecule has 1 aromatic carbocycles. The molecule has 0 atom stereocenters. The smallest absolute Gasteiger partial charge is 0.221 e. The van der Waals surface area contributed by atoms with Gasteiger partial charge in [0.1, 0.15) is 0 Å². The molecule has 0 aliphatic rings. The summed E-state index contributed by atoms with van der Waals surface area (Å²) < 4.78 is 0. The first kappa shape index (κ1) is 16.2. The molecule has 0 saturated heterocycles. The van der Waals surface area contributed by atoms with Crippen LogP contribution in [0.25, 0.3) is 0 Å². The minimum atomic E-state index is 0.0523. The standard InChI is InChI=1S/C18H23N3O/c1-14-5-6-16(10-15(14)2)11-20-9-7-18(22)21-13-17-4-3-8-19-12-17/h3-6,8,10,12,20H,7,9,11,13H2,1-2H3,(H,21,22). The van der Waals surface area contributed by atoms with Gasteiger partial charge in [0, 0.05) is 38.4 Å². The zero-order chi connectivity index (χ0) is 15.8. The summed E-state index contributed by atoms with van der Waals surface area (Å²) in [4.78, 5) is 15.8. The Morgan fingerprint density at radius 2 is 1.95 bits per heavy atom. The second kappa shape index (κ2) is 8.29. The van der Waals surface area contributed by atoms with E-state index in [-0.39, 0.29) is 5.91 Å². The first-order chi connectivity index (χ1) is 10.6. The molecule has 2 aromatic rings. The molecule has 1 aromatic heterocycles. The molecule has 22 heavy (non-hydrogen) atoms.